The highest BCUT2D eigenvalue weighted by molar-refractivity contribution is 7.89. The lowest BCUT2D eigenvalue weighted by atomic mass is 10.1. The van der Waals surface area contributed by atoms with Crippen LogP contribution in [-0.2, 0) is 10.0 Å². The van der Waals surface area contributed by atoms with Crippen LogP contribution in [-0.4, -0.2) is 26.4 Å². The van der Waals surface area contributed by atoms with Gasteiger partial charge >= 0.3 is 0 Å². The minimum Gasteiger partial charge on any atom is -0.321 e. The molecule has 0 fully saturated rings. The first-order valence-corrected chi connectivity index (χ1v) is 7.68. The summed E-state index contributed by atoms with van der Waals surface area (Å²) in [6.45, 7) is 1.74. The van der Waals surface area contributed by atoms with E-state index in [1.54, 1.807) is 31.3 Å². The molecule has 0 spiro atoms. The van der Waals surface area contributed by atoms with Gasteiger partial charge in [0.25, 0.3) is 5.91 Å². The molecule has 2 N–H and O–H groups in total. The third-order valence-corrected chi connectivity index (χ3v) is 4.36. The molecule has 0 bridgehead atoms. The van der Waals surface area contributed by atoms with Gasteiger partial charge in [0.15, 0.2) is 0 Å². The number of nitrogens with zero attached hydrogens (tertiary/aromatic N) is 1. The maximum Gasteiger partial charge on any atom is 0.256 e. The number of amides is 1. The highest BCUT2D eigenvalue weighted by atomic mass is 32.2. The molecule has 0 saturated heterocycles. The van der Waals surface area contributed by atoms with Crippen molar-refractivity contribution in [1.82, 2.24) is 9.71 Å². The van der Waals surface area contributed by atoms with Crippen molar-refractivity contribution in [3.8, 4) is 0 Å². The number of carbonyl (C=O) groups is 1. The number of anilines is 1. The van der Waals surface area contributed by atoms with Gasteiger partial charge in [0, 0.05) is 11.8 Å². The van der Waals surface area contributed by atoms with Crippen molar-refractivity contribution >= 4 is 21.6 Å². The molecule has 6 nitrogen and oxygen atoms in total. The van der Waals surface area contributed by atoms with Gasteiger partial charge in [-0.1, -0.05) is 6.07 Å². The number of aryl methyl sites for hydroxylation is 1. The van der Waals surface area contributed by atoms with Gasteiger partial charge in [-0.05, 0) is 43.8 Å². The largest absolute Gasteiger partial charge is 0.321 e. The predicted octanol–water partition coefficient (Wildman–Crippen LogP) is 1.55. The molecule has 0 aliphatic rings. The average Bonchev–Trinajstić information content (AvgIpc) is 2.48. The first kappa shape index (κ1) is 15.1. The van der Waals surface area contributed by atoms with Crippen LogP contribution in [0.1, 0.15) is 15.9 Å². The van der Waals surface area contributed by atoms with Gasteiger partial charge < -0.3 is 5.32 Å². The van der Waals surface area contributed by atoms with Gasteiger partial charge in [0.2, 0.25) is 10.0 Å². The van der Waals surface area contributed by atoms with Crippen molar-refractivity contribution in [1.29, 1.82) is 0 Å². The first-order chi connectivity index (χ1) is 9.94. The predicted molar refractivity (Wildman–Crippen MR) is 79.6 cm³/mol. The number of sulfonamides is 1. The van der Waals surface area contributed by atoms with Crippen LogP contribution >= 0.6 is 0 Å². The van der Waals surface area contributed by atoms with Crippen LogP contribution in [0, 0.1) is 6.92 Å². The highest BCUT2D eigenvalue weighted by Crippen LogP contribution is 2.17. The minimum absolute atomic E-state index is 0.0481. The molecule has 0 saturated carbocycles. The molecule has 110 valence electrons. The normalized spacial score (nSPS) is 11.1. The lowest BCUT2D eigenvalue weighted by Crippen LogP contribution is -2.20. The average molecular weight is 305 g/mol. The second kappa shape index (κ2) is 6.02. The Bertz CT molecular complexity index is 758. The highest BCUT2D eigenvalue weighted by Gasteiger charge is 2.16. The van der Waals surface area contributed by atoms with E-state index in [0.29, 0.717) is 16.8 Å². The fourth-order valence-electron chi connectivity index (χ4n) is 1.77. The van der Waals surface area contributed by atoms with Crippen LogP contribution < -0.4 is 10.0 Å². The molecule has 1 aromatic carbocycles. The Morgan fingerprint density at radius 2 is 2.00 bits per heavy atom. The summed E-state index contributed by atoms with van der Waals surface area (Å²) in [5.74, 6) is -0.381. The van der Waals surface area contributed by atoms with Gasteiger partial charge in [-0.15, -0.1) is 0 Å². The summed E-state index contributed by atoms with van der Waals surface area (Å²) in [6, 6.07) is 7.82. The van der Waals surface area contributed by atoms with E-state index >= 15 is 0 Å². The number of benzene rings is 1. The SMILES string of the molecule is CNS(=O)(=O)c1ccc(C)c(C(=O)Nc2cccnc2)c1. The van der Waals surface area contributed by atoms with Crippen LogP contribution in [0.3, 0.4) is 0 Å². The first-order valence-electron chi connectivity index (χ1n) is 6.19. The molecule has 1 heterocycles. The van der Waals surface area contributed by atoms with Crippen molar-refractivity contribution in [3.05, 3.63) is 53.9 Å². The van der Waals surface area contributed by atoms with Crippen molar-refractivity contribution in [2.24, 2.45) is 0 Å². The summed E-state index contributed by atoms with van der Waals surface area (Å²) < 4.78 is 25.8. The summed E-state index contributed by atoms with van der Waals surface area (Å²) in [5.41, 5.74) is 1.53. The van der Waals surface area contributed by atoms with Crippen LogP contribution in [0.15, 0.2) is 47.6 Å². The van der Waals surface area contributed by atoms with Gasteiger partial charge in [0.1, 0.15) is 0 Å². The molecule has 0 atom stereocenters. The van der Waals surface area contributed by atoms with E-state index in [-0.39, 0.29) is 10.8 Å². The summed E-state index contributed by atoms with van der Waals surface area (Å²) >= 11 is 0. The van der Waals surface area contributed by atoms with Crippen molar-refractivity contribution in [2.75, 3.05) is 12.4 Å². The summed E-state index contributed by atoms with van der Waals surface area (Å²) in [4.78, 5) is 16.2. The molecule has 0 radical (unpaired) electrons. The Balaban J connectivity index is 2.35. The van der Waals surface area contributed by atoms with Gasteiger partial charge in [0.05, 0.1) is 16.8 Å². The summed E-state index contributed by atoms with van der Waals surface area (Å²) in [7, 11) is -2.26. The number of hydrogen-bond acceptors (Lipinski definition) is 4. The zero-order valence-corrected chi connectivity index (χ0v) is 12.4. The molecular weight excluding hydrogens is 290 g/mol. The van der Waals surface area contributed by atoms with E-state index in [4.69, 9.17) is 0 Å². The number of aromatic nitrogens is 1. The molecule has 0 aliphatic carbocycles. The summed E-state index contributed by atoms with van der Waals surface area (Å²) in [6.07, 6.45) is 3.11. The number of rotatable bonds is 4. The van der Waals surface area contributed by atoms with Crippen LogP contribution in [0.2, 0.25) is 0 Å². The molecule has 1 aromatic heterocycles. The lowest BCUT2D eigenvalue weighted by Gasteiger charge is -2.09. The topological polar surface area (TPSA) is 88.2 Å². The summed E-state index contributed by atoms with van der Waals surface area (Å²) in [5, 5.41) is 2.68. The van der Waals surface area contributed by atoms with Crippen LogP contribution in [0.4, 0.5) is 5.69 Å². The fourth-order valence-corrected chi connectivity index (χ4v) is 2.52. The van der Waals surface area contributed by atoms with E-state index < -0.39 is 10.0 Å². The fraction of sp³-hybridized carbons (Fsp3) is 0.143. The maximum absolute atomic E-state index is 12.2. The molecule has 0 aliphatic heterocycles. The van der Waals surface area contributed by atoms with E-state index in [2.05, 4.69) is 15.0 Å². The smallest absolute Gasteiger partial charge is 0.256 e. The monoisotopic (exact) mass is 305 g/mol. The Morgan fingerprint density at radius 1 is 1.24 bits per heavy atom. The Morgan fingerprint density at radius 3 is 2.62 bits per heavy atom. The van der Waals surface area contributed by atoms with Crippen molar-refractivity contribution < 1.29 is 13.2 Å². The standard InChI is InChI=1S/C14H15N3O3S/c1-10-5-6-12(21(19,20)15-2)8-13(10)14(18)17-11-4-3-7-16-9-11/h3-9,15H,1-2H3,(H,17,18). The molecule has 2 aromatic rings. The number of hydrogen-bond donors (Lipinski definition) is 2. The second-order valence-corrected chi connectivity index (χ2v) is 6.27. The molecule has 21 heavy (non-hydrogen) atoms. The van der Waals surface area contributed by atoms with E-state index in [1.807, 2.05) is 0 Å². The van der Waals surface area contributed by atoms with Crippen molar-refractivity contribution in [3.63, 3.8) is 0 Å². The number of pyridine rings is 1. The molecule has 0 unspecified atom stereocenters. The Hall–Kier alpha value is -2.25. The van der Waals surface area contributed by atoms with E-state index in [9.17, 15) is 13.2 Å². The Labute approximate surface area is 123 Å². The third kappa shape index (κ3) is 3.45. The number of nitrogens with one attached hydrogen (secondary N) is 2. The molecule has 7 heteroatoms. The van der Waals surface area contributed by atoms with E-state index in [0.717, 1.165) is 0 Å². The molecular formula is C14H15N3O3S. The van der Waals surface area contributed by atoms with Crippen LogP contribution in [0.25, 0.3) is 0 Å². The zero-order valence-electron chi connectivity index (χ0n) is 11.6. The molecule has 1 amide bonds. The third-order valence-electron chi connectivity index (χ3n) is 2.95. The van der Waals surface area contributed by atoms with Gasteiger partial charge in [-0.3, -0.25) is 9.78 Å². The number of carbonyl (C=O) groups excluding carboxylic acids is 1. The molecule has 2 rings (SSSR count). The maximum atomic E-state index is 12.2. The van der Waals surface area contributed by atoms with Crippen molar-refractivity contribution in [2.45, 2.75) is 11.8 Å². The quantitative estimate of drug-likeness (QED) is 0.897. The van der Waals surface area contributed by atoms with Crippen LogP contribution in [0.5, 0.6) is 0 Å². The second-order valence-electron chi connectivity index (χ2n) is 4.38. The minimum atomic E-state index is -3.59. The van der Waals surface area contributed by atoms with Gasteiger partial charge in [-0.2, -0.15) is 0 Å². The lowest BCUT2D eigenvalue weighted by molar-refractivity contribution is 0.102. The van der Waals surface area contributed by atoms with Gasteiger partial charge in [-0.25, -0.2) is 13.1 Å². The zero-order chi connectivity index (χ0) is 15.5. The van der Waals surface area contributed by atoms with E-state index in [1.165, 1.54) is 25.4 Å². The Kier molecular flexibility index (Phi) is 4.35.